The van der Waals surface area contributed by atoms with Gasteiger partial charge in [-0.15, -0.1) is 0 Å². The molecule has 1 aliphatic heterocycles. The molecule has 1 heterocycles. The van der Waals surface area contributed by atoms with Gasteiger partial charge in [0.05, 0.1) is 0 Å². The van der Waals surface area contributed by atoms with Gasteiger partial charge < -0.3 is 0 Å². The fourth-order valence-electron chi connectivity index (χ4n) is 0.974. The number of hydrazone groups is 1. The number of nitrogens with zero attached hydrogens (tertiary/aromatic N) is 3. The maximum Gasteiger partial charge on any atom is 0.151 e. The summed E-state index contributed by atoms with van der Waals surface area (Å²) in [5, 5.41) is 5.90. The largest absolute Gasteiger partial charge is 0.221 e. The maximum atomic E-state index is 5.75. The molecule has 64 valence electrons. The highest BCUT2D eigenvalue weighted by Crippen LogP contribution is 2.20. The van der Waals surface area contributed by atoms with Gasteiger partial charge in [0.1, 0.15) is 5.17 Å². The van der Waals surface area contributed by atoms with Crippen LogP contribution in [0, 0.1) is 0 Å². The molecule has 0 saturated heterocycles. The van der Waals surface area contributed by atoms with E-state index in [9.17, 15) is 0 Å². The Morgan fingerprint density at radius 2 is 2.42 bits per heavy atom. The summed E-state index contributed by atoms with van der Waals surface area (Å²) < 4.78 is 0. The van der Waals surface area contributed by atoms with Crippen LogP contribution in [-0.2, 0) is 0 Å². The van der Waals surface area contributed by atoms with Gasteiger partial charge in [-0.25, -0.2) is 10.0 Å². The fraction of sp³-hybridized carbons (Fsp3) is 0.250. The van der Waals surface area contributed by atoms with Crippen LogP contribution in [0.4, 0.5) is 0 Å². The van der Waals surface area contributed by atoms with Crippen molar-refractivity contribution in [2.24, 2.45) is 10.1 Å². The maximum absolute atomic E-state index is 5.75. The zero-order valence-corrected chi connectivity index (χ0v) is 7.84. The first-order valence-electron chi connectivity index (χ1n) is 3.54. The minimum Gasteiger partial charge on any atom is -0.221 e. The van der Waals surface area contributed by atoms with E-state index in [0.717, 1.165) is 5.70 Å². The minimum atomic E-state index is 0.473. The van der Waals surface area contributed by atoms with Gasteiger partial charge in [-0.2, -0.15) is 5.10 Å². The molecule has 0 atom stereocenters. The minimum absolute atomic E-state index is 0.473. The number of hydrogen-bond acceptors (Lipinski definition) is 3. The third-order valence-electron chi connectivity index (χ3n) is 1.50. The third kappa shape index (κ3) is 1.56. The van der Waals surface area contributed by atoms with Crippen molar-refractivity contribution in [2.45, 2.75) is 13.8 Å². The standard InChI is InChI=1S/C8H10ClN3/c1-4-8-11-7(9)5-6(2)12(8)10-3/h4-5H,3H2,1-2H3/b8-4-. The molecule has 0 fully saturated rings. The van der Waals surface area contributed by atoms with E-state index >= 15 is 0 Å². The van der Waals surface area contributed by atoms with E-state index in [0.29, 0.717) is 11.0 Å². The Kier molecular flexibility index (Phi) is 2.65. The predicted octanol–water partition coefficient (Wildman–Crippen LogP) is 2.32. The first kappa shape index (κ1) is 9.00. The van der Waals surface area contributed by atoms with Gasteiger partial charge in [-0.1, -0.05) is 11.6 Å². The molecule has 0 spiro atoms. The molecule has 0 radical (unpaired) electrons. The highest BCUT2D eigenvalue weighted by molar-refractivity contribution is 6.68. The van der Waals surface area contributed by atoms with Gasteiger partial charge in [0.25, 0.3) is 0 Å². The molecule has 3 nitrogen and oxygen atoms in total. The molecule has 0 saturated carbocycles. The van der Waals surface area contributed by atoms with Crippen molar-refractivity contribution in [1.82, 2.24) is 5.01 Å². The molecule has 0 N–H and O–H groups in total. The van der Waals surface area contributed by atoms with E-state index in [1.807, 2.05) is 19.9 Å². The molecular weight excluding hydrogens is 174 g/mol. The van der Waals surface area contributed by atoms with Crippen LogP contribution < -0.4 is 0 Å². The summed E-state index contributed by atoms with van der Waals surface area (Å²) in [6.45, 7) is 7.21. The van der Waals surface area contributed by atoms with Crippen LogP contribution in [0.1, 0.15) is 13.8 Å². The van der Waals surface area contributed by atoms with Gasteiger partial charge >= 0.3 is 0 Å². The van der Waals surface area contributed by atoms with Crippen molar-refractivity contribution >= 4 is 23.5 Å². The van der Waals surface area contributed by atoms with E-state index in [-0.39, 0.29) is 0 Å². The van der Waals surface area contributed by atoms with Crippen LogP contribution in [-0.4, -0.2) is 16.9 Å². The van der Waals surface area contributed by atoms with Crippen LogP contribution >= 0.6 is 11.6 Å². The Labute approximate surface area is 76.7 Å². The van der Waals surface area contributed by atoms with Crippen LogP contribution in [0.2, 0.25) is 0 Å². The summed E-state index contributed by atoms with van der Waals surface area (Å²) in [6.07, 6.45) is 3.57. The Morgan fingerprint density at radius 1 is 1.75 bits per heavy atom. The van der Waals surface area contributed by atoms with Crippen molar-refractivity contribution in [1.29, 1.82) is 0 Å². The Bertz CT molecular complexity index is 289. The Morgan fingerprint density at radius 3 is 2.92 bits per heavy atom. The van der Waals surface area contributed by atoms with Crippen LogP contribution in [0.25, 0.3) is 0 Å². The average molecular weight is 184 g/mol. The van der Waals surface area contributed by atoms with Crippen LogP contribution in [0.15, 0.2) is 33.8 Å². The summed E-state index contributed by atoms with van der Waals surface area (Å²) in [5.74, 6) is 0.704. The summed E-state index contributed by atoms with van der Waals surface area (Å²) in [4.78, 5) is 4.06. The van der Waals surface area contributed by atoms with Gasteiger partial charge in [-0.3, -0.25) is 0 Å². The lowest BCUT2D eigenvalue weighted by molar-refractivity contribution is 0.451. The summed E-state index contributed by atoms with van der Waals surface area (Å²) in [6, 6.07) is 0. The number of halogens is 1. The molecule has 0 aromatic carbocycles. The van der Waals surface area contributed by atoms with E-state index in [4.69, 9.17) is 11.6 Å². The number of allylic oxidation sites excluding steroid dienone is 3. The zero-order chi connectivity index (χ0) is 9.14. The molecule has 0 aromatic heterocycles. The normalized spacial score (nSPS) is 20.6. The van der Waals surface area contributed by atoms with E-state index in [2.05, 4.69) is 16.8 Å². The molecular formula is C8H10ClN3. The molecule has 1 aliphatic rings. The average Bonchev–Trinajstić information content (AvgIpc) is 2.03. The van der Waals surface area contributed by atoms with Crippen molar-refractivity contribution < 1.29 is 0 Å². The highest BCUT2D eigenvalue weighted by Gasteiger charge is 2.13. The van der Waals surface area contributed by atoms with E-state index < -0.39 is 0 Å². The van der Waals surface area contributed by atoms with Gasteiger partial charge in [-0.05, 0) is 26.0 Å². The molecule has 1 rings (SSSR count). The highest BCUT2D eigenvalue weighted by atomic mass is 35.5. The molecule has 0 unspecified atom stereocenters. The lowest BCUT2D eigenvalue weighted by Gasteiger charge is -2.22. The predicted molar refractivity (Wildman–Crippen MR) is 52.2 cm³/mol. The monoisotopic (exact) mass is 183 g/mol. The SMILES string of the molecule is C=NN1C(C)=CC(Cl)=N/C1=C/C. The molecule has 12 heavy (non-hydrogen) atoms. The topological polar surface area (TPSA) is 28.0 Å². The second-order valence-corrected chi connectivity index (χ2v) is 2.71. The summed E-state index contributed by atoms with van der Waals surface area (Å²) in [5.41, 5.74) is 0.915. The molecule has 4 heteroatoms. The van der Waals surface area contributed by atoms with E-state index in [1.54, 1.807) is 11.1 Å². The summed E-state index contributed by atoms with van der Waals surface area (Å²) in [7, 11) is 0. The second kappa shape index (κ2) is 3.54. The summed E-state index contributed by atoms with van der Waals surface area (Å²) >= 11 is 5.75. The Balaban J connectivity index is 3.07. The van der Waals surface area contributed by atoms with Crippen molar-refractivity contribution in [3.8, 4) is 0 Å². The number of hydrogen-bond donors (Lipinski definition) is 0. The van der Waals surface area contributed by atoms with Gasteiger partial charge in [0, 0.05) is 12.4 Å². The van der Waals surface area contributed by atoms with Crippen molar-refractivity contribution in [2.75, 3.05) is 0 Å². The second-order valence-electron chi connectivity index (χ2n) is 2.32. The first-order valence-corrected chi connectivity index (χ1v) is 3.92. The third-order valence-corrected chi connectivity index (χ3v) is 1.69. The number of aliphatic imine (C=N–C) groups is 1. The number of rotatable bonds is 1. The van der Waals surface area contributed by atoms with Gasteiger partial charge in [0.2, 0.25) is 0 Å². The molecule has 0 bridgehead atoms. The molecule has 0 aliphatic carbocycles. The molecule has 0 aromatic rings. The zero-order valence-electron chi connectivity index (χ0n) is 7.08. The van der Waals surface area contributed by atoms with Crippen molar-refractivity contribution in [3.05, 3.63) is 23.7 Å². The lowest BCUT2D eigenvalue weighted by Crippen LogP contribution is -2.17. The van der Waals surface area contributed by atoms with E-state index in [1.165, 1.54) is 0 Å². The smallest absolute Gasteiger partial charge is 0.151 e. The fourth-order valence-corrected chi connectivity index (χ4v) is 1.22. The lowest BCUT2D eigenvalue weighted by atomic mass is 10.3. The molecule has 0 amide bonds. The van der Waals surface area contributed by atoms with Crippen LogP contribution in [0.5, 0.6) is 0 Å². The quantitative estimate of drug-likeness (QED) is 0.574. The Hall–Kier alpha value is -1.09. The van der Waals surface area contributed by atoms with Gasteiger partial charge in [0.15, 0.2) is 5.82 Å². The van der Waals surface area contributed by atoms with Crippen molar-refractivity contribution in [3.63, 3.8) is 0 Å². The first-order chi connectivity index (χ1) is 5.69. The van der Waals surface area contributed by atoms with Crippen LogP contribution in [0.3, 0.4) is 0 Å².